The Morgan fingerprint density at radius 2 is 1.60 bits per heavy atom. The molecule has 0 radical (unpaired) electrons. The van der Waals surface area contributed by atoms with Crippen molar-refractivity contribution >= 4 is 17.5 Å². The van der Waals surface area contributed by atoms with Crippen LogP contribution in [-0.4, -0.2) is 44.0 Å². The van der Waals surface area contributed by atoms with Crippen LogP contribution in [0.4, 0.5) is 5.69 Å². The first-order valence-corrected chi connectivity index (χ1v) is 9.00. The van der Waals surface area contributed by atoms with Gasteiger partial charge >= 0.3 is 0 Å². The van der Waals surface area contributed by atoms with Crippen molar-refractivity contribution in [2.75, 3.05) is 32.6 Å². The molecular formula is C19H26N2O4. The molecule has 25 heavy (non-hydrogen) atoms. The molecule has 3 rings (SSSR count). The van der Waals surface area contributed by atoms with E-state index in [4.69, 9.17) is 9.47 Å². The number of ether oxygens (including phenoxy) is 2. The zero-order valence-electron chi connectivity index (χ0n) is 15.0. The van der Waals surface area contributed by atoms with Crippen LogP contribution in [-0.2, 0) is 4.79 Å². The molecule has 2 amide bonds. The first-order valence-electron chi connectivity index (χ1n) is 9.00. The Labute approximate surface area is 148 Å². The van der Waals surface area contributed by atoms with Gasteiger partial charge in [0.2, 0.25) is 5.91 Å². The third-order valence-corrected chi connectivity index (χ3v) is 5.13. The van der Waals surface area contributed by atoms with Crippen LogP contribution < -0.4 is 14.8 Å². The number of hydrogen-bond donors (Lipinski definition) is 1. The molecule has 0 unspecified atom stereocenters. The summed E-state index contributed by atoms with van der Waals surface area (Å²) in [7, 11) is 3.08. The van der Waals surface area contributed by atoms with Crippen molar-refractivity contribution in [3.63, 3.8) is 0 Å². The SMILES string of the molecule is COc1cc(NC(=O)C2CCCC2)c(C(=O)N2CCCC2)cc1OC. The monoisotopic (exact) mass is 346 g/mol. The molecule has 2 fully saturated rings. The molecule has 1 saturated carbocycles. The maximum absolute atomic E-state index is 12.9. The van der Waals surface area contributed by atoms with E-state index in [1.807, 2.05) is 4.90 Å². The molecule has 1 N–H and O–H groups in total. The summed E-state index contributed by atoms with van der Waals surface area (Å²) in [5, 5.41) is 2.96. The molecule has 2 aliphatic rings. The summed E-state index contributed by atoms with van der Waals surface area (Å²) in [6.45, 7) is 1.51. The summed E-state index contributed by atoms with van der Waals surface area (Å²) in [5.74, 6) is 0.939. The van der Waals surface area contributed by atoms with Crippen molar-refractivity contribution in [3.8, 4) is 11.5 Å². The summed E-state index contributed by atoms with van der Waals surface area (Å²) in [6, 6.07) is 3.36. The van der Waals surface area contributed by atoms with Gasteiger partial charge in [-0.25, -0.2) is 0 Å². The van der Waals surface area contributed by atoms with Crippen LogP contribution in [0.25, 0.3) is 0 Å². The molecule has 1 heterocycles. The summed E-state index contributed by atoms with van der Waals surface area (Å²) in [6.07, 6.45) is 6.03. The highest BCUT2D eigenvalue weighted by molar-refractivity contribution is 6.05. The average Bonchev–Trinajstić information content (AvgIpc) is 3.34. The first-order chi connectivity index (χ1) is 12.1. The number of benzene rings is 1. The molecule has 0 atom stereocenters. The van der Waals surface area contributed by atoms with E-state index in [1.165, 1.54) is 0 Å². The van der Waals surface area contributed by atoms with Gasteiger partial charge in [-0.3, -0.25) is 9.59 Å². The second-order valence-electron chi connectivity index (χ2n) is 6.72. The van der Waals surface area contributed by atoms with E-state index in [0.29, 0.717) is 22.7 Å². The Morgan fingerprint density at radius 1 is 1.00 bits per heavy atom. The van der Waals surface area contributed by atoms with Gasteiger partial charge in [0, 0.05) is 25.1 Å². The molecule has 1 saturated heterocycles. The molecule has 0 bridgehead atoms. The fourth-order valence-corrected chi connectivity index (χ4v) is 3.67. The molecule has 6 nitrogen and oxygen atoms in total. The largest absolute Gasteiger partial charge is 0.493 e. The average molecular weight is 346 g/mol. The van der Waals surface area contributed by atoms with Crippen molar-refractivity contribution < 1.29 is 19.1 Å². The van der Waals surface area contributed by atoms with Crippen LogP contribution in [0.3, 0.4) is 0 Å². The van der Waals surface area contributed by atoms with Crippen LogP contribution in [0.15, 0.2) is 12.1 Å². The van der Waals surface area contributed by atoms with Crippen molar-refractivity contribution in [1.82, 2.24) is 4.90 Å². The van der Waals surface area contributed by atoms with Gasteiger partial charge in [0.25, 0.3) is 5.91 Å². The highest BCUT2D eigenvalue weighted by atomic mass is 16.5. The molecule has 0 spiro atoms. The van der Waals surface area contributed by atoms with E-state index < -0.39 is 0 Å². The second kappa shape index (κ2) is 7.76. The zero-order valence-corrected chi connectivity index (χ0v) is 15.0. The molecule has 1 aromatic rings. The number of carbonyl (C=O) groups excluding carboxylic acids is 2. The molecule has 0 aromatic heterocycles. The fraction of sp³-hybridized carbons (Fsp3) is 0.579. The van der Waals surface area contributed by atoms with E-state index in [1.54, 1.807) is 26.4 Å². The normalized spacial score (nSPS) is 17.6. The van der Waals surface area contributed by atoms with Gasteiger partial charge in [-0.2, -0.15) is 0 Å². The van der Waals surface area contributed by atoms with E-state index in [0.717, 1.165) is 51.6 Å². The van der Waals surface area contributed by atoms with Crippen LogP contribution in [0.1, 0.15) is 48.9 Å². The van der Waals surface area contributed by atoms with Gasteiger partial charge in [0.05, 0.1) is 25.5 Å². The number of carbonyl (C=O) groups is 2. The third kappa shape index (κ3) is 3.72. The van der Waals surface area contributed by atoms with Crippen molar-refractivity contribution in [1.29, 1.82) is 0 Å². The number of nitrogens with zero attached hydrogens (tertiary/aromatic N) is 1. The lowest BCUT2D eigenvalue weighted by atomic mass is 10.1. The number of methoxy groups -OCH3 is 2. The minimum atomic E-state index is -0.0693. The van der Waals surface area contributed by atoms with E-state index >= 15 is 0 Å². The lowest BCUT2D eigenvalue weighted by molar-refractivity contribution is -0.119. The summed E-state index contributed by atoms with van der Waals surface area (Å²) in [5.41, 5.74) is 0.970. The Bertz CT molecular complexity index is 647. The minimum Gasteiger partial charge on any atom is -0.493 e. The standard InChI is InChI=1S/C19H26N2O4/c1-24-16-11-14(19(23)21-9-5-6-10-21)15(12-17(16)25-2)20-18(22)13-7-3-4-8-13/h11-13H,3-10H2,1-2H3,(H,20,22). The summed E-state index contributed by atoms with van der Waals surface area (Å²) in [4.78, 5) is 27.3. The quantitative estimate of drug-likeness (QED) is 0.890. The highest BCUT2D eigenvalue weighted by Gasteiger charge is 2.27. The lowest BCUT2D eigenvalue weighted by Gasteiger charge is -2.20. The number of anilines is 1. The molecule has 1 aliphatic carbocycles. The van der Waals surface area contributed by atoms with Crippen molar-refractivity contribution in [3.05, 3.63) is 17.7 Å². The lowest BCUT2D eigenvalue weighted by Crippen LogP contribution is -2.29. The summed E-state index contributed by atoms with van der Waals surface area (Å²) < 4.78 is 10.7. The van der Waals surface area contributed by atoms with Gasteiger partial charge in [-0.1, -0.05) is 12.8 Å². The molecule has 6 heteroatoms. The van der Waals surface area contributed by atoms with Gasteiger partial charge < -0.3 is 19.7 Å². The molecule has 1 aromatic carbocycles. The Balaban J connectivity index is 1.92. The van der Waals surface area contributed by atoms with Gasteiger partial charge in [-0.15, -0.1) is 0 Å². The van der Waals surface area contributed by atoms with E-state index in [9.17, 15) is 9.59 Å². The topological polar surface area (TPSA) is 67.9 Å². The Kier molecular flexibility index (Phi) is 5.46. The number of likely N-dealkylation sites (tertiary alicyclic amines) is 1. The Hall–Kier alpha value is -2.24. The van der Waals surface area contributed by atoms with Gasteiger partial charge in [-0.05, 0) is 31.7 Å². The molecule has 136 valence electrons. The molecular weight excluding hydrogens is 320 g/mol. The number of amides is 2. The maximum Gasteiger partial charge on any atom is 0.256 e. The predicted molar refractivity (Wildman–Crippen MR) is 95.3 cm³/mol. The molecule has 1 aliphatic heterocycles. The first kappa shape index (κ1) is 17.6. The van der Waals surface area contributed by atoms with Crippen LogP contribution in [0.5, 0.6) is 11.5 Å². The van der Waals surface area contributed by atoms with Crippen LogP contribution >= 0.6 is 0 Å². The maximum atomic E-state index is 12.9. The number of nitrogens with one attached hydrogen (secondary N) is 1. The van der Waals surface area contributed by atoms with E-state index in [-0.39, 0.29) is 17.7 Å². The van der Waals surface area contributed by atoms with Crippen LogP contribution in [0, 0.1) is 5.92 Å². The van der Waals surface area contributed by atoms with Gasteiger partial charge in [0.1, 0.15) is 0 Å². The summed E-state index contributed by atoms with van der Waals surface area (Å²) >= 11 is 0. The van der Waals surface area contributed by atoms with Crippen molar-refractivity contribution in [2.45, 2.75) is 38.5 Å². The fourth-order valence-electron chi connectivity index (χ4n) is 3.67. The van der Waals surface area contributed by atoms with E-state index in [2.05, 4.69) is 5.32 Å². The zero-order chi connectivity index (χ0) is 17.8. The number of hydrogen-bond acceptors (Lipinski definition) is 4. The van der Waals surface area contributed by atoms with Crippen LogP contribution in [0.2, 0.25) is 0 Å². The predicted octanol–water partition coefficient (Wildman–Crippen LogP) is 3.07. The Morgan fingerprint density at radius 3 is 2.20 bits per heavy atom. The smallest absolute Gasteiger partial charge is 0.256 e. The number of rotatable bonds is 5. The van der Waals surface area contributed by atoms with Gasteiger partial charge in [0.15, 0.2) is 11.5 Å². The van der Waals surface area contributed by atoms with Crippen molar-refractivity contribution in [2.24, 2.45) is 5.92 Å². The third-order valence-electron chi connectivity index (χ3n) is 5.13. The second-order valence-corrected chi connectivity index (χ2v) is 6.72. The minimum absolute atomic E-state index is 0.0137. The highest BCUT2D eigenvalue weighted by Crippen LogP contribution is 2.35.